The Hall–Kier alpha value is -5.47. The smallest absolute Gasteiger partial charge is 0.308 e. The van der Waals surface area contributed by atoms with Crippen molar-refractivity contribution in [3.05, 3.63) is 65.2 Å². The van der Waals surface area contributed by atoms with E-state index in [0.717, 1.165) is 5.56 Å². The Kier molecular flexibility index (Phi) is 26.6. The zero-order chi connectivity index (χ0) is 54.3. The molecule has 0 aliphatic rings. The lowest BCUT2D eigenvalue weighted by Gasteiger charge is -2.28. The standard InChI is InChI=1S/C52H79N7O11S2/c1-31(2)44(49(67)55-34(7)46(64)56-39-20-14-35(15-21-39)28-69-50(68)32(3)4)58-41(60)23-22-40(48(66)54-27-43(62)59-52(11,12)24-25-70-51(8,9)10)57-42(61)26-53-47(65)37-18-16-36(17-19-37)45(63)38(29-71-13)30-72-33(5)6/h14-21,31-34,38,40,44H,22-30H2,1-13H3,(H,53,65)(H,54,66)(H,55,67)(H,56,64)(H,57,61)(H,58,60)(H,59,62). The SMILES string of the molecule is CSCC(CSC(C)C)C(=O)c1ccc(C(=O)NCC(=O)NC(CCC(=O)NC(C(=O)NC(C)C(=O)Nc2ccc(COC(=O)C(C)C)cc2)C(C)C)C(=O)NCC(=O)NC(C)(C)CCOC(C)(C)C)cc1. The molecular weight excluding hydrogens is 963 g/mol. The Balaban J connectivity index is 2.12. The lowest BCUT2D eigenvalue weighted by Crippen LogP contribution is -2.54. The number of anilines is 1. The van der Waals surface area contributed by atoms with Gasteiger partial charge in [0, 0.05) is 52.8 Å². The van der Waals surface area contributed by atoms with Gasteiger partial charge >= 0.3 is 5.97 Å². The molecule has 0 heterocycles. The maximum atomic E-state index is 13.6. The van der Waals surface area contributed by atoms with Gasteiger partial charge in [-0.15, -0.1) is 0 Å². The summed E-state index contributed by atoms with van der Waals surface area (Å²) in [6, 6.07) is 9.37. The van der Waals surface area contributed by atoms with E-state index in [9.17, 15) is 43.2 Å². The number of nitrogens with one attached hydrogen (secondary N) is 7. The molecule has 0 fully saturated rings. The van der Waals surface area contributed by atoms with Gasteiger partial charge in [-0.3, -0.25) is 43.2 Å². The zero-order valence-electron chi connectivity index (χ0n) is 44.3. The number of ketones is 1. The third-order valence-electron chi connectivity index (χ3n) is 10.8. The molecule has 0 bridgehead atoms. The predicted molar refractivity (Wildman–Crippen MR) is 283 cm³/mol. The van der Waals surface area contributed by atoms with Crippen LogP contribution in [-0.4, -0.2) is 125 Å². The largest absolute Gasteiger partial charge is 0.461 e. The quantitative estimate of drug-likeness (QED) is 0.0394. The highest BCUT2D eigenvalue weighted by Crippen LogP contribution is 2.22. The number of ether oxygens (including phenoxy) is 2. The Morgan fingerprint density at radius 3 is 1.85 bits per heavy atom. The van der Waals surface area contributed by atoms with E-state index in [1.54, 1.807) is 87.6 Å². The fourth-order valence-corrected chi connectivity index (χ4v) is 8.28. The minimum absolute atomic E-state index is 0.0178. The summed E-state index contributed by atoms with van der Waals surface area (Å²) < 4.78 is 11.0. The van der Waals surface area contributed by atoms with Crippen LogP contribution in [0.1, 0.15) is 129 Å². The maximum absolute atomic E-state index is 13.6. The van der Waals surface area contributed by atoms with Crippen LogP contribution in [0.3, 0.4) is 0 Å². The molecule has 0 aromatic heterocycles. The van der Waals surface area contributed by atoms with Crippen molar-refractivity contribution in [2.24, 2.45) is 17.8 Å². The summed E-state index contributed by atoms with van der Waals surface area (Å²) in [5.41, 5.74) is 0.787. The summed E-state index contributed by atoms with van der Waals surface area (Å²) in [5.74, 6) is -4.36. The van der Waals surface area contributed by atoms with Crippen molar-refractivity contribution in [3.8, 4) is 0 Å². The molecule has 0 aliphatic carbocycles. The second kappa shape index (κ2) is 30.5. The maximum Gasteiger partial charge on any atom is 0.308 e. The third kappa shape index (κ3) is 24.3. The minimum Gasteiger partial charge on any atom is -0.461 e. The fourth-order valence-electron chi connectivity index (χ4n) is 6.58. The van der Waals surface area contributed by atoms with E-state index in [4.69, 9.17) is 9.47 Å². The molecule has 0 saturated carbocycles. The summed E-state index contributed by atoms with van der Waals surface area (Å²) >= 11 is 3.30. The molecule has 18 nitrogen and oxygen atoms in total. The molecule has 2 rings (SSSR count). The molecule has 2 aromatic carbocycles. The van der Waals surface area contributed by atoms with Gasteiger partial charge in [0.1, 0.15) is 24.7 Å². The number of carbonyl (C=O) groups excluding carboxylic acids is 9. The predicted octanol–water partition coefficient (Wildman–Crippen LogP) is 5.18. The van der Waals surface area contributed by atoms with E-state index in [2.05, 4.69) is 51.1 Å². The molecule has 0 saturated heterocycles. The van der Waals surface area contributed by atoms with Gasteiger partial charge in [0.15, 0.2) is 5.78 Å². The van der Waals surface area contributed by atoms with Gasteiger partial charge in [0.25, 0.3) is 5.91 Å². The second-order valence-electron chi connectivity index (χ2n) is 20.1. The van der Waals surface area contributed by atoms with Gasteiger partial charge in [-0.05, 0) is 102 Å². The van der Waals surface area contributed by atoms with E-state index < -0.39 is 84.0 Å². The van der Waals surface area contributed by atoms with Crippen LogP contribution in [0.2, 0.25) is 0 Å². The first kappa shape index (κ1) is 62.6. The molecule has 0 spiro atoms. The average molecular weight is 1040 g/mol. The Bertz CT molecular complexity index is 2140. The summed E-state index contributed by atoms with van der Waals surface area (Å²) in [6.07, 6.45) is 1.82. The Morgan fingerprint density at radius 1 is 0.667 bits per heavy atom. The first-order valence-electron chi connectivity index (χ1n) is 24.3. The number of rotatable bonds is 30. The summed E-state index contributed by atoms with van der Waals surface area (Å²) in [7, 11) is 0. The van der Waals surface area contributed by atoms with Crippen LogP contribution >= 0.6 is 23.5 Å². The normalized spacial score (nSPS) is 13.3. The number of carbonyl (C=O) groups is 9. The molecule has 0 radical (unpaired) electrons. The topological polar surface area (TPSA) is 256 Å². The lowest BCUT2D eigenvalue weighted by atomic mass is 9.99. The van der Waals surface area contributed by atoms with Gasteiger partial charge in [-0.25, -0.2) is 0 Å². The van der Waals surface area contributed by atoms with Crippen molar-refractivity contribution < 1.29 is 52.6 Å². The molecule has 0 aliphatic heterocycles. The van der Waals surface area contributed by atoms with E-state index in [1.807, 2.05) is 40.9 Å². The van der Waals surface area contributed by atoms with Gasteiger partial charge in [-0.2, -0.15) is 23.5 Å². The Morgan fingerprint density at radius 2 is 1.28 bits per heavy atom. The zero-order valence-corrected chi connectivity index (χ0v) is 46.0. The van der Waals surface area contributed by atoms with Crippen LogP contribution in [0.15, 0.2) is 48.5 Å². The summed E-state index contributed by atoms with van der Waals surface area (Å²) in [6.45, 7) is 21.4. The van der Waals surface area contributed by atoms with Crippen LogP contribution in [0, 0.1) is 17.8 Å². The molecular formula is C52H79N7O11S2. The van der Waals surface area contributed by atoms with Crippen LogP contribution in [-0.2, 0) is 49.6 Å². The van der Waals surface area contributed by atoms with Crippen molar-refractivity contribution in [3.63, 3.8) is 0 Å². The van der Waals surface area contributed by atoms with Crippen LogP contribution < -0.4 is 37.2 Å². The fraction of sp³-hybridized carbons (Fsp3) is 0.596. The van der Waals surface area contributed by atoms with Gasteiger partial charge in [0.2, 0.25) is 35.4 Å². The molecule has 7 amide bonds. The molecule has 7 N–H and O–H groups in total. The monoisotopic (exact) mass is 1040 g/mol. The molecule has 2 aromatic rings. The first-order chi connectivity index (χ1) is 33.6. The third-order valence-corrected chi connectivity index (χ3v) is 12.8. The number of esters is 1. The number of Topliss-reactive ketones (excluding diaryl/α,β-unsaturated/α-hetero) is 1. The van der Waals surface area contributed by atoms with Crippen molar-refractivity contribution in [2.45, 2.75) is 143 Å². The number of hydrogen-bond donors (Lipinski definition) is 7. The van der Waals surface area contributed by atoms with Crippen molar-refractivity contribution in [1.29, 1.82) is 0 Å². The highest BCUT2D eigenvalue weighted by Gasteiger charge is 2.30. The highest BCUT2D eigenvalue weighted by atomic mass is 32.2. The molecule has 400 valence electrons. The van der Waals surface area contributed by atoms with Crippen molar-refractivity contribution >= 4 is 82.3 Å². The van der Waals surface area contributed by atoms with Gasteiger partial charge in [0.05, 0.1) is 24.6 Å². The lowest BCUT2D eigenvalue weighted by molar-refractivity contribution is -0.148. The molecule has 4 atom stereocenters. The number of amides is 7. The van der Waals surface area contributed by atoms with Gasteiger partial charge < -0.3 is 46.7 Å². The number of hydrogen-bond acceptors (Lipinski definition) is 13. The minimum atomic E-state index is -1.35. The average Bonchev–Trinajstić information content (AvgIpc) is 3.30. The van der Waals surface area contributed by atoms with Crippen molar-refractivity contribution in [1.82, 2.24) is 31.9 Å². The molecule has 4 unspecified atom stereocenters. The van der Waals surface area contributed by atoms with Crippen LogP contribution in [0.5, 0.6) is 0 Å². The van der Waals surface area contributed by atoms with E-state index in [-0.39, 0.29) is 54.2 Å². The number of thioether (sulfide) groups is 2. The van der Waals surface area contributed by atoms with E-state index >= 15 is 0 Å². The highest BCUT2D eigenvalue weighted by molar-refractivity contribution is 8.00. The van der Waals surface area contributed by atoms with Crippen LogP contribution in [0.25, 0.3) is 0 Å². The van der Waals surface area contributed by atoms with Crippen molar-refractivity contribution in [2.75, 3.05) is 42.8 Å². The van der Waals surface area contributed by atoms with E-state index in [0.29, 0.717) is 41.0 Å². The van der Waals surface area contributed by atoms with Gasteiger partial charge in [-0.1, -0.05) is 65.8 Å². The summed E-state index contributed by atoms with van der Waals surface area (Å²) in [4.78, 5) is 118. The van der Waals surface area contributed by atoms with E-state index in [1.165, 1.54) is 19.1 Å². The van der Waals surface area contributed by atoms with Crippen LogP contribution in [0.4, 0.5) is 5.69 Å². The molecule has 20 heteroatoms. The Labute approximate surface area is 434 Å². The molecule has 72 heavy (non-hydrogen) atoms. The second-order valence-corrected chi connectivity index (χ2v) is 22.7. The summed E-state index contributed by atoms with van der Waals surface area (Å²) in [5, 5.41) is 18.9. The first-order valence-corrected chi connectivity index (χ1v) is 26.8. The number of benzene rings is 2.